The molecule has 0 radical (unpaired) electrons. The number of likely N-dealkylation sites (N-methyl/N-ethyl adjacent to an activating group) is 1. The summed E-state index contributed by atoms with van der Waals surface area (Å²) in [4.78, 5) is 13.8. The minimum atomic E-state index is 0.167. The van der Waals surface area contributed by atoms with E-state index in [0.717, 1.165) is 25.4 Å². The van der Waals surface area contributed by atoms with Gasteiger partial charge in [-0.15, -0.1) is 0 Å². The number of nitrogens with one attached hydrogen (secondary N) is 1. The molecule has 1 amide bonds. The fourth-order valence-corrected chi connectivity index (χ4v) is 2.27. The number of ether oxygens (including phenoxy) is 1. The maximum Gasteiger partial charge on any atom is 0.222 e. The van der Waals surface area contributed by atoms with E-state index in [1.807, 2.05) is 18.9 Å². The molecule has 1 aliphatic heterocycles. The number of amides is 1. The molecule has 1 heterocycles. The van der Waals surface area contributed by atoms with Crippen molar-refractivity contribution >= 4 is 5.91 Å². The third-order valence-electron chi connectivity index (χ3n) is 3.69. The van der Waals surface area contributed by atoms with E-state index in [1.54, 1.807) is 7.11 Å². The maximum absolute atomic E-state index is 12.0. The highest BCUT2D eigenvalue weighted by Crippen LogP contribution is 2.18. The molecule has 17 heavy (non-hydrogen) atoms. The van der Waals surface area contributed by atoms with E-state index in [1.165, 1.54) is 12.8 Å². The summed E-state index contributed by atoms with van der Waals surface area (Å²) in [6, 6.07) is 0.167. The highest BCUT2D eigenvalue weighted by Gasteiger charge is 2.18. The molecule has 1 aliphatic rings. The van der Waals surface area contributed by atoms with Gasteiger partial charge < -0.3 is 15.0 Å². The minimum absolute atomic E-state index is 0.167. The Bertz CT molecular complexity index is 227. The smallest absolute Gasteiger partial charge is 0.222 e. The number of carbonyl (C=O) groups excluding carboxylic acids is 1. The lowest BCUT2D eigenvalue weighted by molar-refractivity contribution is -0.132. The van der Waals surface area contributed by atoms with Crippen molar-refractivity contribution in [3.8, 4) is 0 Å². The Hall–Kier alpha value is -0.610. The molecule has 1 N–H and O–H groups in total. The largest absolute Gasteiger partial charge is 0.383 e. The van der Waals surface area contributed by atoms with Gasteiger partial charge in [0.25, 0.3) is 0 Å². The van der Waals surface area contributed by atoms with Crippen molar-refractivity contribution in [1.82, 2.24) is 10.2 Å². The molecule has 4 nitrogen and oxygen atoms in total. The van der Waals surface area contributed by atoms with Crippen LogP contribution in [0.25, 0.3) is 0 Å². The third kappa shape index (κ3) is 5.04. The molecule has 0 bridgehead atoms. The van der Waals surface area contributed by atoms with E-state index >= 15 is 0 Å². The van der Waals surface area contributed by atoms with Crippen LogP contribution in [0.3, 0.4) is 0 Å². The first-order chi connectivity index (χ1) is 8.15. The zero-order valence-corrected chi connectivity index (χ0v) is 11.4. The average molecular weight is 242 g/mol. The molecule has 100 valence electrons. The molecular formula is C13H26N2O2. The van der Waals surface area contributed by atoms with Crippen molar-refractivity contribution in [3.63, 3.8) is 0 Å². The lowest BCUT2D eigenvalue weighted by Gasteiger charge is -2.26. The molecule has 1 unspecified atom stereocenters. The Kier molecular flexibility index (Phi) is 6.52. The van der Waals surface area contributed by atoms with Gasteiger partial charge in [0.15, 0.2) is 0 Å². The predicted octanol–water partition coefficient (Wildman–Crippen LogP) is 1.26. The first-order valence-corrected chi connectivity index (χ1v) is 6.60. The second-order valence-corrected chi connectivity index (χ2v) is 5.04. The molecule has 0 aliphatic carbocycles. The summed E-state index contributed by atoms with van der Waals surface area (Å²) in [6.45, 7) is 4.84. The number of rotatable bonds is 6. The monoisotopic (exact) mass is 242 g/mol. The molecule has 0 saturated carbocycles. The van der Waals surface area contributed by atoms with Crippen LogP contribution in [0, 0.1) is 5.92 Å². The summed E-state index contributed by atoms with van der Waals surface area (Å²) < 4.78 is 5.07. The van der Waals surface area contributed by atoms with Crippen molar-refractivity contribution < 1.29 is 9.53 Å². The molecule has 0 aromatic heterocycles. The fourth-order valence-electron chi connectivity index (χ4n) is 2.27. The van der Waals surface area contributed by atoms with E-state index in [9.17, 15) is 4.79 Å². The molecule has 1 fully saturated rings. The normalized spacial score (nSPS) is 19.0. The van der Waals surface area contributed by atoms with Crippen molar-refractivity contribution in [1.29, 1.82) is 0 Å². The number of methoxy groups -OCH3 is 1. The van der Waals surface area contributed by atoms with E-state index in [4.69, 9.17) is 4.74 Å². The Morgan fingerprint density at radius 3 is 2.71 bits per heavy atom. The summed E-state index contributed by atoms with van der Waals surface area (Å²) >= 11 is 0. The lowest BCUT2D eigenvalue weighted by Crippen LogP contribution is -2.38. The third-order valence-corrected chi connectivity index (χ3v) is 3.69. The SMILES string of the molecule is COCC(C)N(C)C(=O)CCC1CCNCC1. The van der Waals surface area contributed by atoms with Gasteiger partial charge in [0.05, 0.1) is 12.6 Å². The van der Waals surface area contributed by atoms with Crippen LogP contribution in [0.2, 0.25) is 0 Å². The first-order valence-electron chi connectivity index (χ1n) is 6.60. The van der Waals surface area contributed by atoms with Gasteiger partial charge in [-0.2, -0.15) is 0 Å². The van der Waals surface area contributed by atoms with Crippen molar-refractivity contribution in [2.24, 2.45) is 5.92 Å². The maximum atomic E-state index is 12.0. The van der Waals surface area contributed by atoms with Crippen LogP contribution in [0.5, 0.6) is 0 Å². The van der Waals surface area contributed by atoms with E-state index < -0.39 is 0 Å². The fraction of sp³-hybridized carbons (Fsp3) is 0.923. The molecule has 0 aromatic carbocycles. The molecule has 0 spiro atoms. The zero-order chi connectivity index (χ0) is 12.7. The zero-order valence-electron chi connectivity index (χ0n) is 11.4. The highest BCUT2D eigenvalue weighted by molar-refractivity contribution is 5.76. The molecule has 4 heteroatoms. The van der Waals surface area contributed by atoms with Gasteiger partial charge in [-0.05, 0) is 45.2 Å². The van der Waals surface area contributed by atoms with Gasteiger partial charge in [0.2, 0.25) is 5.91 Å². The predicted molar refractivity (Wildman–Crippen MR) is 68.9 cm³/mol. The summed E-state index contributed by atoms with van der Waals surface area (Å²) in [5.41, 5.74) is 0. The first kappa shape index (κ1) is 14.5. The van der Waals surface area contributed by atoms with Gasteiger partial charge in [-0.3, -0.25) is 4.79 Å². The van der Waals surface area contributed by atoms with Crippen LogP contribution >= 0.6 is 0 Å². The second-order valence-electron chi connectivity index (χ2n) is 5.04. The molecule has 1 saturated heterocycles. The topological polar surface area (TPSA) is 41.6 Å². The van der Waals surface area contributed by atoms with Crippen LogP contribution in [0.4, 0.5) is 0 Å². The van der Waals surface area contributed by atoms with Gasteiger partial charge in [0.1, 0.15) is 0 Å². The lowest BCUT2D eigenvalue weighted by atomic mass is 9.93. The summed E-state index contributed by atoms with van der Waals surface area (Å²) in [7, 11) is 3.54. The number of hydrogen-bond acceptors (Lipinski definition) is 3. The number of hydrogen-bond donors (Lipinski definition) is 1. The summed E-state index contributed by atoms with van der Waals surface area (Å²) in [6.07, 6.45) is 4.13. The summed E-state index contributed by atoms with van der Waals surface area (Å²) in [5.74, 6) is 0.972. The van der Waals surface area contributed by atoms with E-state index in [2.05, 4.69) is 5.32 Å². The van der Waals surface area contributed by atoms with E-state index in [0.29, 0.717) is 13.0 Å². The van der Waals surface area contributed by atoms with Crippen LogP contribution in [-0.4, -0.2) is 50.7 Å². The minimum Gasteiger partial charge on any atom is -0.383 e. The van der Waals surface area contributed by atoms with Gasteiger partial charge >= 0.3 is 0 Å². The molecule has 0 aromatic rings. The van der Waals surface area contributed by atoms with Gasteiger partial charge in [-0.25, -0.2) is 0 Å². The number of piperidine rings is 1. The van der Waals surface area contributed by atoms with E-state index in [-0.39, 0.29) is 11.9 Å². The Balaban J connectivity index is 2.23. The van der Waals surface area contributed by atoms with Crippen molar-refractivity contribution in [2.75, 3.05) is 33.9 Å². The molecule has 1 atom stereocenters. The quantitative estimate of drug-likeness (QED) is 0.762. The Labute approximate surface area is 105 Å². The molecule has 1 rings (SSSR count). The van der Waals surface area contributed by atoms with Gasteiger partial charge in [-0.1, -0.05) is 0 Å². The summed E-state index contributed by atoms with van der Waals surface area (Å²) in [5, 5.41) is 3.35. The number of carbonyl (C=O) groups is 1. The van der Waals surface area contributed by atoms with Crippen LogP contribution in [-0.2, 0) is 9.53 Å². The van der Waals surface area contributed by atoms with Crippen molar-refractivity contribution in [3.05, 3.63) is 0 Å². The number of nitrogens with zero attached hydrogens (tertiary/aromatic N) is 1. The van der Waals surface area contributed by atoms with Crippen LogP contribution < -0.4 is 5.32 Å². The second kappa shape index (κ2) is 7.67. The Morgan fingerprint density at radius 2 is 2.12 bits per heavy atom. The van der Waals surface area contributed by atoms with Crippen molar-refractivity contribution in [2.45, 2.75) is 38.6 Å². The van der Waals surface area contributed by atoms with Crippen LogP contribution in [0.1, 0.15) is 32.6 Å². The van der Waals surface area contributed by atoms with Gasteiger partial charge in [0, 0.05) is 20.6 Å². The van der Waals surface area contributed by atoms with Crippen LogP contribution in [0.15, 0.2) is 0 Å². The average Bonchev–Trinajstić information content (AvgIpc) is 2.36. The Morgan fingerprint density at radius 1 is 1.47 bits per heavy atom. The standard InChI is InChI=1S/C13H26N2O2/c1-11(10-17-3)15(2)13(16)5-4-12-6-8-14-9-7-12/h11-12,14H,4-10H2,1-3H3. The molecular weight excluding hydrogens is 216 g/mol. The highest BCUT2D eigenvalue weighted by atomic mass is 16.5.